The maximum atomic E-state index is 13.2. The van der Waals surface area contributed by atoms with Crippen LogP contribution in [0.4, 0.5) is 0 Å². The van der Waals surface area contributed by atoms with Gasteiger partial charge < -0.3 is 9.72 Å². The van der Waals surface area contributed by atoms with E-state index in [0.717, 1.165) is 16.4 Å². The number of fused-ring (bicyclic) bond motifs is 6. The number of aromatic nitrogens is 3. The molecular formula is C20H12N4O2. The predicted molar refractivity (Wildman–Crippen MR) is 99.6 cm³/mol. The van der Waals surface area contributed by atoms with Crippen molar-refractivity contribution in [3.63, 3.8) is 0 Å². The van der Waals surface area contributed by atoms with Crippen molar-refractivity contribution in [2.45, 2.75) is 0 Å². The summed E-state index contributed by atoms with van der Waals surface area (Å²) in [6.45, 7) is 0. The number of rotatable bonds is 1. The molecule has 26 heavy (non-hydrogen) atoms. The Hall–Kier alpha value is -3.85. The van der Waals surface area contributed by atoms with E-state index in [1.54, 1.807) is 11.5 Å². The Labute approximate surface area is 146 Å². The molecule has 0 saturated carbocycles. The third-order valence-corrected chi connectivity index (χ3v) is 4.73. The summed E-state index contributed by atoms with van der Waals surface area (Å²) in [5.74, 6) is 0.602. The molecule has 0 aliphatic heterocycles. The molecule has 0 amide bonds. The minimum absolute atomic E-state index is 0.205. The van der Waals surface area contributed by atoms with Crippen molar-refractivity contribution in [3.8, 4) is 11.8 Å². The Bertz CT molecular complexity index is 1450. The van der Waals surface area contributed by atoms with E-state index in [9.17, 15) is 10.1 Å². The SMILES string of the molecule is COc1cccc2c1ncc1c(=O)n3c([nH]c4ccccc43)c(C#N)c12. The first kappa shape index (κ1) is 14.5. The molecule has 6 nitrogen and oxygen atoms in total. The van der Waals surface area contributed by atoms with Gasteiger partial charge in [-0.2, -0.15) is 5.26 Å². The number of para-hydroxylation sites is 3. The fourth-order valence-corrected chi connectivity index (χ4v) is 3.60. The largest absolute Gasteiger partial charge is 0.494 e. The summed E-state index contributed by atoms with van der Waals surface area (Å²) >= 11 is 0. The van der Waals surface area contributed by atoms with E-state index in [1.807, 2.05) is 42.5 Å². The number of nitriles is 1. The highest BCUT2D eigenvalue weighted by Gasteiger charge is 2.19. The Morgan fingerprint density at radius 1 is 1.15 bits per heavy atom. The molecule has 6 heteroatoms. The van der Waals surface area contributed by atoms with Gasteiger partial charge in [0.25, 0.3) is 5.56 Å². The number of ether oxygens (including phenoxy) is 1. The lowest BCUT2D eigenvalue weighted by Gasteiger charge is -2.09. The van der Waals surface area contributed by atoms with Crippen molar-refractivity contribution in [2.75, 3.05) is 7.11 Å². The lowest BCUT2D eigenvalue weighted by Crippen LogP contribution is -2.14. The Morgan fingerprint density at radius 2 is 2.00 bits per heavy atom. The molecule has 0 unspecified atom stereocenters. The van der Waals surface area contributed by atoms with Gasteiger partial charge in [0.05, 0.1) is 23.5 Å². The Balaban J connectivity index is 2.15. The molecule has 0 fully saturated rings. The number of H-pyrrole nitrogens is 1. The topological polar surface area (TPSA) is 83.2 Å². The van der Waals surface area contributed by atoms with Crippen molar-refractivity contribution in [2.24, 2.45) is 0 Å². The number of pyridine rings is 2. The third-order valence-electron chi connectivity index (χ3n) is 4.73. The van der Waals surface area contributed by atoms with Gasteiger partial charge in [-0.25, -0.2) is 0 Å². The van der Waals surface area contributed by atoms with Crippen LogP contribution in [-0.4, -0.2) is 21.5 Å². The van der Waals surface area contributed by atoms with E-state index < -0.39 is 0 Å². The van der Waals surface area contributed by atoms with Crippen LogP contribution >= 0.6 is 0 Å². The zero-order chi connectivity index (χ0) is 17.8. The summed E-state index contributed by atoms with van der Waals surface area (Å²) in [4.78, 5) is 20.8. The van der Waals surface area contributed by atoms with Crippen LogP contribution in [0.3, 0.4) is 0 Å². The normalized spacial score (nSPS) is 11.4. The number of nitrogens with one attached hydrogen (secondary N) is 1. The van der Waals surface area contributed by atoms with Crippen LogP contribution in [-0.2, 0) is 0 Å². The average molecular weight is 340 g/mol. The monoisotopic (exact) mass is 340 g/mol. The molecule has 3 heterocycles. The fourth-order valence-electron chi connectivity index (χ4n) is 3.60. The highest BCUT2D eigenvalue weighted by atomic mass is 16.5. The number of aromatic amines is 1. The van der Waals surface area contributed by atoms with E-state index in [0.29, 0.717) is 33.2 Å². The second kappa shape index (κ2) is 5.07. The second-order valence-electron chi connectivity index (χ2n) is 6.02. The number of imidazole rings is 1. The summed E-state index contributed by atoms with van der Waals surface area (Å²) in [6, 6.07) is 15.2. The molecule has 5 aromatic rings. The van der Waals surface area contributed by atoms with Gasteiger partial charge in [0, 0.05) is 17.0 Å². The molecule has 0 spiro atoms. The fraction of sp³-hybridized carbons (Fsp3) is 0.0500. The van der Waals surface area contributed by atoms with Crippen molar-refractivity contribution in [1.29, 1.82) is 5.26 Å². The predicted octanol–water partition coefficient (Wildman–Crippen LogP) is 3.36. The Kier molecular flexibility index (Phi) is 2.83. The molecule has 1 N–H and O–H groups in total. The van der Waals surface area contributed by atoms with Crippen LogP contribution in [0.2, 0.25) is 0 Å². The first-order valence-corrected chi connectivity index (χ1v) is 8.05. The molecule has 0 atom stereocenters. The number of nitrogens with zero attached hydrogens (tertiary/aromatic N) is 3. The number of benzene rings is 2. The molecule has 0 saturated heterocycles. The van der Waals surface area contributed by atoms with Crippen LogP contribution in [0.25, 0.3) is 38.4 Å². The summed E-state index contributed by atoms with van der Waals surface area (Å²) in [5.41, 5.74) is 2.85. The molecule has 124 valence electrons. The molecule has 0 bridgehead atoms. The Morgan fingerprint density at radius 3 is 2.81 bits per heavy atom. The lowest BCUT2D eigenvalue weighted by atomic mass is 10.0. The van der Waals surface area contributed by atoms with E-state index >= 15 is 0 Å². The van der Waals surface area contributed by atoms with E-state index in [4.69, 9.17) is 4.74 Å². The number of hydrogen-bond acceptors (Lipinski definition) is 4. The quantitative estimate of drug-likeness (QED) is 0.474. The van der Waals surface area contributed by atoms with Gasteiger partial charge in [-0.15, -0.1) is 0 Å². The first-order valence-electron chi connectivity index (χ1n) is 8.05. The molecule has 5 rings (SSSR count). The molecule has 0 radical (unpaired) electrons. The summed E-state index contributed by atoms with van der Waals surface area (Å²) in [7, 11) is 1.57. The number of hydrogen-bond donors (Lipinski definition) is 1. The van der Waals surface area contributed by atoms with Gasteiger partial charge in [-0.3, -0.25) is 14.2 Å². The zero-order valence-electron chi connectivity index (χ0n) is 13.8. The van der Waals surface area contributed by atoms with Gasteiger partial charge >= 0.3 is 0 Å². The summed E-state index contributed by atoms with van der Waals surface area (Å²) < 4.78 is 6.92. The van der Waals surface area contributed by atoms with Gasteiger partial charge in [0.1, 0.15) is 28.5 Å². The zero-order valence-corrected chi connectivity index (χ0v) is 13.8. The maximum Gasteiger partial charge on any atom is 0.266 e. The van der Waals surface area contributed by atoms with Gasteiger partial charge in [0.2, 0.25) is 0 Å². The third kappa shape index (κ3) is 1.69. The van der Waals surface area contributed by atoms with Crippen LogP contribution in [0, 0.1) is 11.3 Å². The van der Waals surface area contributed by atoms with Crippen molar-refractivity contribution < 1.29 is 4.74 Å². The van der Waals surface area contributed by atoms with Crippen LogP contribution in [0.1, 0.15) is 5.56 Å². The van der Waals surface area contributed by atoms with Crippen LogP contribution in [0.15, 0.2) is 53.5 Å². The number of methoxy groups -OCH3 is 1. The van der Waals surface area contributed by atoms with Crippen LogP contribution in [0.5, 0.6) is 5.75 Å². The minimum Gasteiger partial charge on any atom is -0.494 e. The molecule has 0 aliphatic carbocycles. The van der Waals surface area contributed by atoms with E-state index in [-0.39, 0.29) is 5.56 Å². The second-order valence-corrected chi connectivity index (χ2v) is 6.02. The van der Waals surface area contributed by atoms with Crippen molar-refractivity contribution >= 4 is 38.4 Å². The van der Waals surface area contributed by atoms with Gasteiger partial charge in [-0.05, 0) is 18.2 Å². The summed E-state index contributed by atoms with van der Waals surface area (Å²) in [5, 5.41) is 11.6. The van der Waals surface area contributed by atoms with E-state index in [1.165, 1.54) is 6.20 Å². The van der Waals surface area contributed by atoms with Crippen molar-refractivity contribution in [1.82, 2.24) is 14.4 Å². The van der Waals surface area contributed by atoms with E-state index in [2.05, 4.69) is 16.0 Å². The smallest absolute Gasteiger partial charge is 0.266 e. The van der Waals surface area contributed by atoms with Gasteiger partial charge in [0.15, 0.2) is 0 Å². The molecule has 3 aromatic heterocycles. The highest BCUT2D eigenvalue weighted by Crippen LogP contribution is 2.32. The van der Waals surface area contributed by atoms with Crippen LogP contribution < -0.4 is 10.3 Å². The molecular weight excluding hydrogens is 328 g/mol. The average Bonchev–Trinajstić information content (AvgIpc) is 3.07. The molecule has 0 aliphatic rings. The standard InChI is InChI=1S/C20H12N4O2/c1-26-16-8-4-5-11-17-12(9-21)19-23-14-6-2-3-7-15(14)24(19)20(25)13(17)10-22-18(11)16/h2-8,10,23H,1H3. The molecule has 2 aromatic carbocycles. The maximum absolute atomic E-state index is 13.2. The highest BCUT2D eigenvalue weighted by molar-refractivity contribution is 6.11. The minimum atomic E-state index is -0.205. The first-order chi connectivity index (χ1) is 12.7. The van der Waals surface area contributed by atoms with Gasteiger partial charge in [-0.1, -0.05) is 24.3 Å². The van der Waals surface area contributed by atoms with Crippen molar-refractivity contribution in [3.05, 3.63) is 64.6 Å². The summed E-state index contributed by atoms with van der Waals surface area (Å²) in [6.07, 6.45) is 1.53. The lowest BCUT2D eigenvalue weighted by molar-refractivity contribution is 0.419.